The van der Waals surface area contributed by atoms with E-state index < -0.39 is 0 Å². The number of nitrogens with zero attached hydrogens (tertiary/aromatic N) is 1. The van der Waals surface area contributed by atoms with Crippen LogP contribution in [0.25, 0.3) is 10.9 Å². The van der Waals surface area contributed by atoms with E-state index in [1.165, 1.54) is 22.1 Å². The topological polar surface area (TPSA) is 43.3 Å². The van der Waals surface area contributed by atoms with E-state index in [4.69, 9.17) is 4.74 Å². The smallest absolute Gasteiger partial charge is 0.221 e. The molecule has 5 rings (SSSR count). The molecule has 0 fully saturated rings. The van der Waals surface area contributed by atoms with Crippen LogP contribution < -0.4 is 10.1 Å². The summed E-state index contributed by atoms with van der Waals surface area (Å²) in [5.74, 6) is 0.814. The number of nitrogens with one attached hydrogen (secondary N) is 1. The molecule has 204 valence electrons. The molecule has 1 heterocycles. The maximum Gasteiger partial charge on any atom is 0.221 e. The highest BCUT2D eigenvalue weighted by molar-refractivity contribution is 5.87. The van der Waals surface area contributed by atoms with E-state index in [9.17, 15) is 4.79 Å². The standard InChI is InChI=1S/C36H38N2O2/c1-36(2,3)29-18-16-28(17-19-29)32(22-35(39)37-23-26-10-6-5-7-11-26)33-25-38(34-13-9-8-12-31(33)34)24-27-14-20-30(40-4)21-15-27/h5-21,25,32H,22-24H2,1-4H3,(H,37,39). The molecule has 4 aromatic carbocycles. The van der Waals surface area contributed by atoms with Crippen molar-refractivity contribution in [3.63, 3.8) is 0 Å². The number of carbonyl (C=O) groups excluding carboxylic acids is 1. The number of fused-ring (bicyclic) bond motifs is 1. The molecule has 0 aliphatic heterocycles. The highest BCUT2D eigenvalue weighted by Crippen LogP contribution is 2.36. The molecule has 1 atom stereocenters. The first kappa shape index (κ1) is 27.3. The Morgan fingerprint density at radius 3 is 2.17 bits per heavy atom. The Labute approximate surface area is 237 Å². The fraction of sp³-hybridized carbons (Fsp3) is 0.250. The average molecular weight is 531 g/mol. The fourth-order valence-corrected chi connectivity index (χ4v) is 5.29. The molecule has 0 saturated heterocycles. The lowest BCUT2D eigenvalue weighted by Crippen LogP contribution is -2.25. The lowest BCUT2D eigenvalue weighted by molar-refractivity contribution is -0.121. The number of amides is 1. The number of ether oxygens (including phenoxy) is 1. The molecule has 1 aromatic heterocycles. The molecule has 0 aliphatic rings. The third kappa shape index (κ3) is 6.28. The summed E-state index contributed by atoms with van der Waals surface area (Å²) in [4.78, 5) is 13.4. The Morgan fingerprint density at radius 1 is 0.825 bits per heavy atom. The van der Waals surface area contributed by atoms with E-state index in [0.717, 1.165) is 28.9 Å². The Kier molecular flexibility index (Phi) is 8.06. The molecular formula is C36H38N2O2. The van der Waals surface area contributed by atoms with E-state index >= 15 is 0 Å². The highest BCUT2D eigenvalue weighted by atomic mass is 16.5. The minimum absolute atomic E-state index is 0.0423. The van der Waals surface area contributed by atoms with Crippen LogP contribution in [-0.2, 0) is 23.3 Å². The van der Waals surface area contributed by atoms with Crippen molar-refractivity contribution in [1.82, 2.24) is 9.88 Å². The van der Waals surface area contributed by atoms with Gasteiger partial charge in [-0.15, -0.1) is 0 Å². The van der Waals surface area contributed by atoms with Gasteiger partial charge in [-0.2, -0.15) is 0 Å². The van der Waals surface area contributed by atoms with Crippen LogP contribution in [0, 0.1) is 0 Å². The van der Waals surface area contributed by atoms with Gasteiger partial charge in [-0.3, -0.25) is 4.79 Å². The predicted octanol–water partition coefficient (Wildman–Crippen LogP) is 7.83. The van der Waals surface area contributed by atoms with Gasteiger partial charge in [0.1, 0.15) is 5.75 Å². The van der Waals surface area contributed by atoms with Crippen molar-refractivity contribution in [2.75, 3.05) is 7.11 Å². The van der Waals surface area contributed by atoms with Gasteiger partial charge in [0.05, 0.1) is 7.11 Å². The monoisotopic (exact) mass is 530 g/mol. The first-order valence-electron chi connectivity index (χ1n) is 13.9. The lowest BCUT2D eigenvalue weighted by Gasteiger charge is -2.22. The Morgan fingerprint density at radius 2 is 1.50 bits per heavy atom. The summed E-state index contributed by atoms with van der Waals surface area (Å²) < 4.78 is 7.64. The zero-order valence-corrected chi connectivity index (χ0v) is 23.9. The van der Waals surface area contributed by atoms with Crippen molar-refractivity contribution in [3.8, 4) is 5.75 Å². The molecule has 5 aromatic rings. The number of carbonyl (C=O) groups is 1. The van der Waals surface area contributed by atoms with Gasteiger partial charge in [-0.05, 0) is 51.4 Å². The highest BCUT2D eigenvalue weighted by Gasteiger charge is 2.24. The average Bonchev–Trinajstić information content (AvgIpc) is 3.33. The van der Waals surface area contributed by atoms with Crippen molar-refractivity contribution in [2.45, 2.75) is 51.6 Å². The van der Waals surface area contributed by atoms with Crippen molar-refractivity contribution >= 4 is 16.8 Å². The fourth-order valence-electron chi connectivity index (χ4n) is 5.29. The second-order valence-electron chi connectivity index (χ2n) is 11.5. The largest absolute Gasteiger partial charge is 0.497 e. The quantitative estimate of drug-likeness (QED) is 0.211. The normalized spacial score (nSPS) is 12.3. The SMILES string of the molecule is COc1ccc(Cn2cc(C(CC(=O)NCc3ccccc3)c3ccc(C(C)(C)C)cc3)c3ccccc32)cc1. The second kappa shape index (κ2) is 11.8. The first-order valence-corrected chi connectivity index (χ1v) is 13.9. The van der Waals surface area contributed by atoms with Crippen LogP contribution in [0.15, 0.2) is 109 Å². The van der Waals surface area contributed by atoms with Gasteiger partial charge in [-0.1, -0.05) is 106 Å². The number of hydrogen-bond acceptors (Lipinski definition) is 2. The van der Waals surface area contributed by atoms with Crippen molar-refractivity contribution in [3.05, 3.63) is 137 Å². The van der Waals surface area contributed by atoms with Crippen LogP contribution in [0.3, 0.4) is 0 Å². The predicted molar refractivity (Wildman–Crippen MR) is 164 cm³/mol. The Bertz CT molecular complexity index is 1560. The summed E-state index contributed by atoms with van der Waals surface area (Å²) in [6.07, 6.45) is 2.61. The van der Waals surface area contributed by atoms with Gasteiger partial charge in [-0.25, -0.2) is 0 Å². The van der Waals surface area contributed by atoms with Crippen LogP contribution in [0.2, 0.25) is 0 Å². The molecule has 0 aliphatic carbocycles. The van der Waals surface area contributed by atoms with Gasteiger partial charge in [0.2, 0.25) is 5.91 Å². The first-order chi connectivity index (χ1) is 19.3. The van der Waals surface area contributed by atoms with Crippen molar-refractivity contribution in [1.29, 1.82) is 0 Å². The molecule has 0 bridgehead atoms. The van der Waals surface area contributed by atoms with E-state index in [1.54, 1.807) is 7.11 Å². The summed E-state index contributed by atoms with van der Waals surface area (Å²) in [7, 11) is 1.69. The maximum absolute atomic E-state index is 13.4. The summed E-state index contributed by atoms with van der Waals surface area (Å²) in [5.41, 5.74) is 7.12. The molecule has 0 spiro atoms. The number of hydrogen-bond donors (Lipinski definition) is 1. The van der Waals surface area contributed by atoms with Gasteiger partial charge in [0.15, 0.2) is 0 Å². The molecule has 4 heteroatoms. The minimum atomic E-state index is -0.0770. The summed E-state index contributed by atoms with van der Waals surface area (Å²) in [6, 6.07) is 35.6. The summed E-state index contributed by atoms with van der Waals surface area (Å²) in [6.45, 7) is 7.94. The Balaban J connectivity index is 1.50. The molecule has 1 amide bonds. The maximum atomic E-state index is 13.4. The van der Waals surface area contributed by atoms with E-state index in [1.807, 2.05) is 42.5 Å². The third-order valence-electron chi connectivity index (χ3n) is 7.61. The molecule has 0 saturated carbocycles. The molecule has 1 N–H and O–H groups in total. The molecule has 4 nitrogen and oxygen atoms in total. The lowest BCUT2D eigenvalue weighted by atomic mass is 9.83. The van der Waals surface area contributed by atoms with E-state index in [-0.39, 0.29) is 17.2 Å². The molecule has 40 heavy (non-hydrogen) atoms. The zero-order valence-electron chi connectivity index (χ0n) is 23.9. The van der Waals surface area contributed by atoms with Crippen LogP contribution in [-0.4, -0.2) is 17.6 Å². The molecule has 0 radical (unpaired) electrons. The van der Waals surface area contributed by atoms with Gasteiger partial charge in [0.25, 0.3) is 0 Å². The second-order valence-corrected chi connectivity index (χ2v) is 11.5. The molecule has 1 unspecified atom stereocenters. The van der Waals surface area contributed by atoms with E-state index in [0.29, 0.717) is 13.0 Å². The van der Waals surface area contributed by atoms with Crippen LogP contribution in [0.1, 0.15) is 60.9 Å². The van der Waals surface area contributed by atoms with Gasteiger partial charge in [0, 0.05) is 42.5 Å². The van der Waals surface area contributed by atoms with Gasteiger partial charge < -0.3 is 14.6 Å². The van der Waals surface area contributed by atoms with Crippen LogP contribution >= 0.6 is 0 Å². The van der Waals surface area contributed by atoms with Crippen LogP contribution in [0.5, 0.6) is 5.75 Å². The third-order valence-corrected chi connectivity index (χ3v) is 7.61. The number of aromatic nitrogens is 1. The van der Waals surface area contributed by atoms with Gasteiger partial charge >= 0.3 is 0 Å². The van der Waals surface area contributed by atoms with Crippen molar-refractivity contribution < 1.29 is 9.53 Å². The van der Waals surface area contributed by atoms with Crippen LogP contribution in [0.4, 0.5) is 0 Å². The number of benzene rings is 4. The molecular weight excluding hydrogens is 492 g/mol. The van der Waals surface area contributed by atoms with E-state index in [2.05, 4.69) is 97.5 Å². The summed E-state index contributed by atoms with van der Waals surface area (Å²) >= 11 is 0. The summed E-state index contributed by atoms with van der Waals surface area (Å²) in [5, 5.41) is 4.33. The minimum Gasteiger partial charge on any atom is -0.497 e. The number of rotatable bonds is 9. The number of methoxy groups -OCH3 is 1. The Hall–Kier alpha value is -4.31. The van der Waals surface area contributed by atoms with Crippen molar-refractivity contribution in [2.24, 2.45) is 0 Å². The zero-order chi connectivity index (χ0) is 28.1. The number of para-hydroxylation sites is 1.